The molecule has 0 aliphatic rings. The van der Waals surface area contributed by atoms with E-state index in [1.54, 1.807) is 30.8 Å². The van der Waals surface area contributed by atoms with Crippen LogP contribution in [0.15, 0.2) is 29.4 Å². The standard InChI is InChI=1S/C13H15FN4OS/c1-17(2)11(19)8-20-13-16-15-12(18(13)3)9-4-6-10(14)7-5-9/h4-7H,8H2,1-3H3. The first-order chi connectivity index (χ1) is 9.49. The van der Waals surface area contributed by atoms with Crippen LogP contribution in [0.4, 0.5) is 4.39 Å². The van der Waals surface area contributed by atoms with Gasteiger partial charge in [0.25, 0.3) is 0 Å². The van der Waals surface area contributed by atoms with Gasteiger partial charge in [-0.3, -0.25) is 4.79 Å². The van der Waals surface area contributed by atoms with Gasteiger partial charge in [0.1, 0.15) is 5.82 Å². The summed E-state index contributed by atoms with van der Waals surface area (Å²) in [5.41, 5.74) is 0.784. The first-order valence-electron chi connectivity index (χ1n) is 5.97. The maximum Gasteiger partial charge on any atom is 0.232 e. The quantitative estimate of drug-likeness (QED) is 0.807. The number of hydrogen-bond acceptors (Lipinski definition) is 4. The molecule has 0 bridgehead atoms. The SMILES string of the molecule is CN(C)C(=O)CSc1nnc(-c2ccc(F)cc2)n1C. The van der Waals surface area contributed by atoms with Crippen LogP contribution in [0.1, 0.15) is 0 Å². The second kappa shape index (κ2) is 6.04. The third-order valence-corrected chi connectivity index (χ3v) is 3.77. The molecule has 2 aromatic rings. The number of rotatable bonds is 4. The lowest BCUT2D eigenvalue weighted by atomic mass is 10.2. The number of nitrogens with zero attached hydrogens (tertiary/aromatic N) is 4. The number of halogens is 1. The minimum Gasteiger partial charge on any atom is -0.348 e. The Morgan fingerprint density at radius 3 is 2.55 bits per heavy atom. The molecule has 0 unspecified atom stereocenters. The van der Waals surface area contributed by atoms with Gasteiger partial charge in [-0.25, -0.2) is 4.39 Å². The normalized spacial score (nSPS) is 10.6. The van der Waals surface area contributed by atoms with E-state index in [1.807, 2.05) is 7.05 Å². The number of aromatic nitrogens is 3. The Labute approximate surface area is 120 Å². The van der Waals surface area contributed by atoms with Crippen molar-refractivity contribution in [2.75, 3.05) is 19.8 Å². The molecule has 0 N–H and O–H groups in total. The molecule has 1 heterocycles. The highest BCUT2D eigenvalue weighted by Crippen LogP contribution is 2.22. The molecule has 1 aromatic heterocycles. The third-order valence-electron chi connectivity index (χ3n) is 2.76. The minimum atomic E-state index is -0.290. The molecule has 0 aliphatic carbocycles. The van der Waals surface area contributed by atoms with Gasteiger partial charge in [-0.05, 0) is 24.3 Å². The van der Waals surface area contributed by atoms with E-state index >= 15 is 0 Å². The monoisotopic (exact) mass is 294 g/mol. The van der Waals surface area contributed by atoms with Gasteiger partial charge in [-0.1, -0.05) is 11.8 Å². The highest BCUT2D eigenvalue weighted by atomic mass is 32.2. The van der Waals surface area contributed by atoms with E-state index in [2.05, 4.69) is 10.2 Å². The molecular formula is C13H15FN4OS. The van der Waals surface area contributed by atoms with E-state index in [9.17, 15) is 9.18 Å². The molecule has 0 atom stereocenters. The number of amides is 1. The lowest BCUT2D eigenvalue weighted by Gasteiger charge is -2.09. The summed E-state index contributed by atoms with van der Waals surface area (Å²) in [4.78, 5) is 13.1. The predicted octanol–water partition coefficient (Wildman–Crippen LogP) is 1.80. The van der Waals surface area contributed by atoms with Crippen molar-refractivity contribution in [1.82, 2.24) is 19.7 Å². The van der Waals surface area contributed by atoms with E-state index in [1.165, 1.54) is 28.8 Å². The number of carbonyl (C=O) groups excluding carboxylic acids is 1. The van der Waals surface area contributed by atoms with E-state index in [-0.39, 0.29) is 11.7 Å². The average Bonchev–Trinajstić information content (AvgIpc) is 2.78. The van der Waals surface area contributed by atoms with Gasteiger partial charge < -0.3 is 9.47 Å². The summed E-state index contributed by atoms with van der Waals surface area (Å²) in [6.45, 7) is 0. The second-order valence-corrected chi connectivity index (χ2v) is 5.39. The summed E-state index contributed by atoms with van der Waals surface area (Å²) in [5, 5.41) is 8.79. The van der Waals surface area contributed by atoms with Gasteiger partial charge in [0.15, 0.2) is 11.0 Å². The topological polar surface area (TPSA) is 51.0 Å². The fourth-order valence-electron chi connectivity index (χ4n) is 1.55. The van der Waals surface area contributed by atoms with Crippen LogP contribution >= 0.6 is 11.8 Å². The van der Waals surface area contributed by atoms with Gasteiger partial charge in [-0.2, -0.15) is 0 Å². The van der Waals surface area contributed by atoms with Crippen LogP contribution in [-0.4, -0.2) is 45.4 Å². The molecule has 2 rings (SSSR count). The Kier molecular flexibility index (Phi) is 4.39. The number of benzene rings is 1. The summed E-state index contributed by atoms with van der Waals surface area (Å²) in [5.74, 6) is 0.677. The Morgan fingerprint density at radius 2 is 1.95 bits per heavy atom. The molecule has 1 amide bonds. The summed E-state index contributed by atoms with van der Waals surface area (Å²) in [7, 11) is 5.24. The van der Waals surface area contributed by atoms with E-state index in [4.69, 9.17) is 0 Å². The molecule has 0 saturated heterocycles. The molecular weight excluding hydrogens is 279 g/mol. The number of carbonyl (C=O) groups is 1. The summed E-state index contributed by atoms with van der Waals surface area (Å²) >= 11 is 1.33. The first kappa shape index (κ1) is 14.5. The van der Waals surface area contributed by atoms with Crippen molar-refractivity contribution >= 4 is 17.7 Å². The Balaban J connectivity index is 2.15. The smallest absolute Gasteiger partial charge is 0.232 e. The van der Waals surface area contributed by atoms with Crippen LogP contribution in [0.25, 0.3) is 11.4 Å². The lowest BCUT2D eigenvalue weighted by Crippen LogP contribution is -2.23. The summed E-state index contributed by atoms with van der Waals surface area (Å²) in [6.07, 6.45) is 0. The van der Waals surface area contributed by atoms with Gasteiger partial charge in [0.2, 0.25) is 5.91 Å². The summed E-state index contributed by atoms with van der Waals surface area (Å²) in [6, 6.07) is 6.07. The van der Waals surface area contributed by atoms with Crippen molar-refractivity contribution in [2.24, 2.45) is 7.05 Å². The van der Waals surface area contributed by atoms with Crippen molar-refractivity contribution in [3.05, 3.63) is 30.1 Å². The fourth-order valence-corrected chi connectivity index (χ4v) is 2.44. The Bertz CT molecular complexity index is 609. The van der Waals surface area contributed by atoms with Gasteiger partial charge in [-0.15, -0.1) is 10.2 Å². The van der Waals surface area contributed by atoms with E-state index < -0.39 is 0 Å². The second-order valence-electron chi connectivity index (χ2n) is 4.45. The first-order valence-corrected chi connectivity index (χ1v) is 6.96. The molecule has 7 heteroatoms. The average molecular weight is 294 g/mol. The largest absolute Gasteiger partial charge is 0.348 e. The van der Waals surface area contributed by atoms with Crippen molar-refractivity contribution < 1.29 is 9.18 Å². The van der Waals surface area contributed by atoms with E-state index in [0.29, 0.717) is 16.7 Å². The molecule has 1 aromatic carbocycles. The zero-order valence-corrected chi connectivity index (χ0v) is 12.3. The van der Waals surface area contributed by atoms with Crippen LogP contribution in [-0.2, 0) is 11.8 Å². The van der Waals surface area contributed by atoms with Crippen LogP contribution in [0.5, 0.6) is 0 Å². The zero-order chi connectivity index (χ0) is 14.7. The van der Waals surface area contributed by atoms with Crippen LogP contribution in [0, 0.1) is 5.82 Å². The molecule has 20 heavy (non-hydrogen) atoms. The Morgan fingerprint density at radius 1 is 1.30 bits per heavy atom. The van der Waals surface area contributed by atoms with Crippen LogP contribution in [0.3, 0.4) is 0 Å². The molecule has 0 radical (unpaired) electrons. The predicted molar refractivity (Wildman–Crippen MR) is 75.8 cm³/mol. The van der Waals surface area contributed by atoms with Crippen molar-refractivity contribution in [3.8, 4) is 11.4 Å². The zero-order valence-electron chi connectivity index (χ0n) is 11.5. The molecule has 0 aliphatic heterocycles. The lowest BCUT2D eigenvalue weighted by molar-refractivity contribution is -0.125. The number of hydrogen-bond donors (Lipinski definition) is 0. The number of thioether (sulfide) groups is 1. The van der Waals surface area contributed by atoms with Crippen LogP contribution in [0.2, 0.25) is 0 Å². The molecule has 0 fully saturated rings. The maximum atomic E-state index is 12.9. The van der Waals surface area contributed by atoms with Gasteiger partial charge >= 0.3 is 0 Å². The molecule has 106 valence electrons. The highest BCUT2D eigenvalue weighted by Gasteiger charge is 2.13. The third kappa shape index (κ3) is 3.16. The molecule has 0 spiro atoms. The van der Waals surface area contributed by atoms with Gasteiger partial charge in [0, 0.05) is 26.7 Å². The molecule has 0 saturated carbocycles. The Hall–Kier alpha value is -1.89. The van der Waals surface area contributed by atoms with Crippen molar-refractivity contribution in [2.45, 2.75) is 5.16 Å². The minimum absolute atomic E-state index is 0.0151. The van der Waals surface area contributed by atoms with Crippen molar-refractivity contribution in [1.29, 1.82) is 0 Å². The fraction of sp³-hybridized carbons (Fsp3) is 0.308. The van der Waals surface area contributed by atoms with Crippen LogP contribution < -0.4 is 0 Å². The molecule has 5 nitrogen and oxygen atoms in total. The highest BCUT2D eigenvalue weighted by molar-refractivity contribution is 7.99. The maximum absolute atomic E-state index is 12.9. The van der Waals surface area contributed by atoms with Crippen molar-refractivity contribution in [3.63, 3.8) is 0 Å². The summed E-state index contributed by atoms with van der Waals surface area (Å²) < 4.78 is 14.7. The van der Waals surface area contributed by atoms with Gasteiger partial charge in [0.05, 0.1) is 5.75 Å². The van der Waals surface area contributed by atoms with E-state index in [0.717, 1.165) is 5.56 Å².